The van der Waals surface area contributed by atoms with Gasteiger partial charge in [0.2, 0.25) is 5.91 Å². The maximum atomic E-state index is 11.7. The summed E-state index contributed by atoms with van der Waals surface area (Å²) in [5, 5.41) is 3.33. The van der Waals surface area contributed by atoms with Crippen molar-refractivity contribution in [1.29, 1.82) is 0 Å². The number of hydrogen-bond donors (Lipinski definition) is 1. The van der Waals surface area contributed by atoms with Crippen LogP contribution < -0.4 is 14.8 Å². The van der Waals surface area contributed by atoms with Crippen LogP contribution in [-0.4, -0.2) is 69.6 Å². The van der Waals surface area contributed by atoms with Crippen LogP contribution in [-0.2, 0) is 17.8 Å². The summed E-state index contributed by atoms with van der Waals surface area (Å²) in [5.74, 6) is 2.44. The quantitative estimate of drug-likeness (QED) is 0.614. The second-order valence-electron chi connectivity index (χ2n) is 6.42. The molecule has 26 heavy (non-hydrogen) atoms. The molecule has 1 amide bonds. The number of hydrogen-bond acceptors (Lipinski definition) is 4. The minimum absolute atomic E-state index is 0.0884. The number of amides is 1. The minimum atomic E-state index is 0.0884. The highest BCUT2D eigenvalue weighted by Crippen LogP contribution is 2.33. The summed E-state index contributed by atoms with van der Waals surface area (Å²) >= 11 is 0. The molecular formula is C19H30N4O3. The zero-order valence-corrected chi connectivity index (χ0v) is 16.5. The Kier molecular flexibility index (Phi) is 7.12. The monoisotopic (exact) mass is 362 g/mol. The third-order valence-corrected chi connectivity index (χ3v) is 4.44. The van der Waals surface area contributed by atoms with Crippen LogP contribution >= 0.6 is 0 Å². The van der Waals surface area contributed by atoms with Gasteiger partial charge in [-0.3, -0.25) is 9.79 Å². The molecule has 1 aliphatic heterocycles. The first-order chi connectivity index (χ1) is 12.5. The molecule has 0 aliphatic carbocycles. The largest absolute Gasteiger partial charge is 0.493 e. The molecule has 144 valence electrons. The normalized spacial score (nSPS) is 13.9. The van der Waals surface area contributed by atoms with E-state index in [1.54, 1.807) is 33.2 Å². The SMILES string of the molecule is CCNC(=NCCC(=O)N(C)C)N1CCc2cc(OC)c(OC)cc2C1. The molecule has 0 atom stereocenters. The number of nitrogens with zero attached hydrogens (tertiary/aromatic N) is 3. The van der Waals surface area contributed by atoms with Crippen molar-refractivity contribution in [3.8, 4) is 11.5 Å². The molecule has 0 saturated heterocycles. The molecule has 1 aliphatic rings. The second kappa shape index (κ2) is 9.31. The van der Waals surface area contributed by atoms with Gasteiger partial charge < -0.3 is 24.6 Å². The van der Waals surface area contributed by atoms with Gasteiger partial charge in [-0.05, 0) is 36.6 Å². The van der Waals surface area contributed by atoms with Gasteiger partial charge in [0.15, 0.2) is 17.5 Å². The van der Waals surface area contributed by atoms with E-state index in [1.165, 1.54) is 11.1 Å². The maximum absolute atomic E-state index is 11.7. The van der Waals surface area contributed by atoms with Crippen molar-refractivity contribution < 1.29 is 14.3 Å². The van der Waals surface area contributed by atoms with Crippen LogP contribution in [0.1, 0.15) is 24.5 Å². The molecule has 1 heterocycles. The highest BCUT2D eigenvalue weighted by molar-refractivity contribution is 5.81. The number of carbonyl (C=O) groups is 1. The van der Waals surface area contributed by atoms with Gasteiger partial charge in [-0.15, -0.1) is 0 Å². The molecular weight excluding hydrogens is 332 g/mol. The first kappa shape index (κ1) is 19.9. The van der Waals surface area contributed by atoms with E-state index in [0.29, 0.717) is 13.0 Å². The topological polar surface area (TPSA) is 66.4 Å². The van der Waals surface area contributed by atoms with E-state index in [-0.39, 0.29) is 5.91 Å². The average Bonchev–Trinajstić information content (AvgIpc) is 2.65. The lowest BCUT2D eigenvalue weighted by Crippen LogP contribution is -2.44. The molecule has 0 spiro atoms. The maximum Gasteiger partial charge on any atom is 0.223 e. The van der Waals surface area contributed by atoms with Crippen molar-refractivity contribution in [2.45, 2.75) is 26.3 Å². The van der Waals surface area contributed by atoms with E-state index in [2.05, 4.69) is 21.3 Å². The molecule has 0 saturated carbocycles. The molecule has 0 fully saturated rings. The van der Waals surface area contributed by atoms with E-state index in [9.17, 15) is 4.79 Å². The van der Waals surface area contributed by atoms with Gasteiger partial charge in [0, 0.05) is 40.2 Å². The van der Waals surface area contributed by atoms with Crippen LogP contribution in [0.5, 0.6) is 11.5 Å². The molecule has 0 bridgehead atoms. The Balaban J connectivity index is 2.13. The first-order valence-electron chi connectivity index (χ1n) is 8.97. The van der Waals surface area contributed by atoms with Crippen LogP contribution in [0.2, 0.25) is 0 Å². The Labute approximate surface area is 156 Å². The van der Waals surface area contributed by atoms with Gasteiger partial charge >= 0.3 is 0 Å². The number of guanidine groups is 1. The fraction of sp³-hybridized carbons (Fsp3) is 0.579. The van der Waals surface area contributed by atoms with Crippen molar-refractivity contribution in [3.63, 3.8) is 0 Å². The van der Waals surface area contributed by atoms with Gasteiger partial charge in [-0.25, -0.2) is 0 Å². The summed E-state index contributed by atoms with van der Waals surface area (Å²) in [7, 11) is 6.84. The van der Waals surface area contributed by atoms with Gasteiger partial charge in [0.1, 0.15) is 0 Å². The van der Waals surface area contributed by atoms with Gasteiger partial charge in [0.05, 0.1) is 20.8 Å². The summed E-state index contributed by atoms with van der Waals surface area (Å²) in [5.41, 5.74) is 2.49. The summed E-state index contributed by atoms with van der Waals surface area (Å²) in [6.45, 7) is 4.94. The summed E-state index contributed by atoms with van der Waals surface area (Å²) in [6, 6.07) is 4.10. The number of rotatable bonds is 6. The van der Waals surface area contributed by atoms with E-state index in [4.69, 9.17) is 9.47 Å². The number of aliphatic imine (C=N–C) groups is 1. The van der Waals surface area contributed by atoms with Crippen LogP contribution in [0.15, 0.2) is 17.1 Å². The zero-order chi connectivity index (χ0) is 19.1. The lowest BCUT2D eigenvalue weighted by molar-refractivity contribution is -0.128. The van der Waals surface area contributed by atoms with E-state index in [0.717, 1.165) is 43.5 Å². The number of nitrogens with one attached hydrogen (secondary N) is 1. The fourth-order valence-electron chi connectivity index (χ4n) is 2.97. The highest BCUT2D eigenvalue weighted by atomic mass is 16.5. The third-order valence-electron chi connectivity index (χ3n) is 4.44. The predicted octanol–water partition coefficient (Wildman–Crippen LogP) is 1.51. The van der Waals surface area contributed by atoms with E-state index >= 15 is 0 Å². The Morgan fingerprint density at radius 3 is 2.46 bits per heavy atom. The molecule has 1 aromatic carbocycles. The molecule has 1 N–H and O–H groups in total. The summed E-state index contributed by atoms with van der Waals surface area (Å²) in [6.07, 6.45) is 1.33. The number of ether oxygens (including phenoxy) is 2. The Morgan fingerprint density at radius 1 is 1.23 bits per heavy atom. The Morgan fingerprint density at radius 2 is 1.88 bits per heavy atom. The average molecular weight is 362 g/mol. The van der Waals surface area contributed by atoms with E-state index in [1.807, 2.05) is 13.0 Å². The zero-order valence-electron chi connectivity index (χ0n) is 16.5. The number of fused-ring (bicyclic) bond motifs is 1. The van der Waals surface area contributed by atoms with Crippen molar-refractivity contribution in [3.05, 3.63) is 23.3 Å². The second-order valence-corrected chi connectivity index (χ2v) is 6.42. The van der Waals surface area contributed by atoms with Crippen LogP contribution in [0.4, 0.5) is 0 Å². The smallest absolute Gasteiger partial charge is 0.223 e. The number of methoxy groups -OCH3 is 2. The van der Waals surface area contributed by atoms with Crippen molar-refractivity contribution >= 4 is 11.9 Å². The predicted molar refractivity (Wildman–Crippen MR) is 103 cm³/mol. The van der Waals surface area contributed by atoms with Crippen LogP contribution in [0, 0.1) is 0 Å². The molecule has 0 unspecified atom stereocenters. The molecule has 0 radical (unpaired) electrons. The third kappa shape index (κ3) is 4.80. The van der Waals surface area contributed by atoms with E-state index < -0.39 is 0 Å². The summed E-state index contributed by atoms with van der Waals surface area (Å²) < 4.78 is 10.8. The summed E-state index contributed by atoms with van der Waals surface area (Å²) in [4.78, 5) is 20.2. The highest BCUT2D eigenvalue weighted by Gasteiger charge is 2.21. The lowest BCUT2D eigenvalue weighted by atomic mass is 9.99. The number of benzene rings is 1. The Hall–Kier alpha value is -2.44. The first-order valence-corrected chi connectivity index (χ1v) is 8.97. The van der Waals surface area contributed by atoms with Gasteiger partial charge in [-0.2, -0.15) is 0 Å². The number of carbonyl (C=O) groups excluding carboxylic acids is 1. The Bertz CT molecular complexity index is 658. The van der Waals surface area contributed by atoms with Crippen LogP contribution in [0.3, 0.4) is 0 Å². The van der Waals surface area contributed by atoms with Gasteiger partial charge in [0.25, 0.3) is 0 Å². The van der Waals surface area contributed by atoms with Gasteiger partial charge in [-0.1, -0.05) is 0 Å². The van der Waals surface area contributed by atoms with Crippen molar-refractivity contribution in [2.24, 2.45) is 4.99 Å². The fourth-order valence-corrected chi connectivity index (χ4v) is 2.97. The molecule has 0 aromatic heterocycles. The molecule has 1 aromatic rings. The van der Waals surface area contributed by atoms with Crippen molar-refractivity contribution in [2.75, 3.05) is 47.9 Å². The minimum Gasteiger partial charge on any atom is -0.493 e. The van der Waals surface area contributed by atoms with Crippen molar-refractivity contribution in [1.82, 2.24) is 15.1 Å². The lowest BCUT2D eigenvalue weighted by Gasteiger charge is -2.32. The molecule has 7 nitrogen and oxygen atoms in total. The standard InChI is InChI=1S/C19H30N4O3/c1-6-20-19(21-9-7-18(24)22(2)3)23-10-8-14-11-16(25-4)17(26-5)12-15(14)13-23/h11-12H,6-10,13H2,1-5H3,(H,20,21). The van der Waals surface area contributed by atoms with Crippen LogP contribution in [0.25, 0.3) is 0 Å². The molecule has 2 rings (SSSR count). The molecule has 7 heteroatoms.